The van der Waals surface area contributed by atoms with Crippen LogP contribution in [0.25, 0.3) is 0 Å². The summed E-state index contributed by atoms with van der Waals surface area (Å²) in [6.45, 7) is 0. The Bertz CT molecular complexity index is 306. The molecule has 0 bridgehead atoms. The number of benzene rings is 1. The first-order chi connectivity index (χ1) is 6.16. The van der Waals surface area contributed by atoms with E-state index in [1.807, 2.05) is 18.2 Å². The second-order valence-corrected chi connectivity index (χ2v) is 1.76. The molecule has 0 fully saturated rings. The minimum atomic E-state index is -2.83. The van der Waals surface area contributed by atoms with Crippen molar-refractivity contribution in [1.82, 2.24) is 0 Å². The summed E-state index contributed by atoms with van der Waals surface area (Å²) in [7, 11) is 0. The Kier molecular flexibility index (Phi) is 9.58. The molecule has 0 aromatic heterocycles. The van der Waals surface area contributed by atoms with Crippen molar-refractivity contribution in [3.05, 3.63) is 30.3 Å². The van der Waals surface area contributed by atoms with E-state index in [4.69, 9.17) is 4.79 Å². The fraction of sp³-hybridized carbons (Fsp3) is 0. The maximum absolute atomic E-state index is 9.69. The van der Waals surface area contributed by atoms with Crippen LogP contribution in [0.15, 0.2) is 35.3 Å². The van der Waals surface area contributed by atoms with E-state index in [-0.39, 0.29) is 5.48 Å². The number of aliphatic imine (C=N–C) groups is 1. The molecule has 2 N–H and O–H groups in total. The van der Waals surface area contributed by atoms with Gasteiger partial charge in [-0.25, -0.2) is 9.59 Å². The SMILES string of the molecule is O.O=C(F)F.O=C=Nc1ccccc1. The highest BCUT2D eigenvalue weighted by Gasteiger charge is 1.80. The number of isocyanates is 1. The molecule has 1 rings (SSSR count). The summed E-state index contributed by atoms with van der Waals surface area (Å²) < 4.78 is 19.4. The molecule has 0 aliphatic rings. The Morgan fingerprint density at radius 1 is 1.21 bits per heavy atom. The molecule has 1 aromatic carbocycles. The summed E-state index contributed by atoms with van der Waals surface area (Å²) in [4.78, 5) is 21.2. The monoisotopic (exact) mass is 203 g/mol. The average molecular weight is 203 g/mol. The van der Waals surface area contributed by atoms with Gasteiger partial charge in [-0.1, -0.05) is 18.2 Å². The van der Waals surface area contributed by atoms with Gasteiger partial charge >= 0.3 is 6.29 Å². The Balaban J connectivity index is 0. The molecule has 0 saturated heterocycles. The highest BCUT2D eigenvalue weighted by Crippen LogP contribution is 2.06. The van der Waals surface area contributed by atoms with Crippen molar-refractivity contribution < 1.29 is 23.8 Å². The predicted octanol–water partition coefficient (Wildman–Crippen LogP) is 1.87. The summed E-state index contributed by atoms with van der Waals surface area (Å²) in [5.74, 6) is 0. The lowest BCUT2D eigenvalue weighted by Crippen LogP contribution is -1.59. The molecule has 0 spiro atoms. The van der Waals surface area contributed by atoms with Gasteiger partial charge in [0.25, 0.3) is 0 Å². The minimum Gasteiger partial charge on any atom is -0.412 e. The maximum atomic E-state index is 9.69. The normalized spacial score (nSPS) is 7.00. The van der Waals surface area contributed by atoms with Gasteiger partial charge in [0.1, 0.15) is 0 Å². The third kappa shape index (κ3) is 10.1. The van der Waals surface area contributed by atoms with Crippen molar-refractivity contribution in [2.45, 2.75) is 0 Å². The summed E-state index contributed by atoms with van der Waals surface area (Å²) in [6, 6.07) is 8.98. The summed E-state index contributed by atoms with van der Waals surface area (Å²) in [5, 5.41) is 0. The van der Waals surface area contributed by atoms with Crippen LogP contribution in [0.3, 0.4) is 0 Å². The lowest BCUT2D eigenvalue weighted by Gasteiger charge is -1.83. The Hall–Kier alpha value is -1.91. The summed E-state index contributed by atoms with van der Waals surface area (Å²) in [6.07, 6.45) is -1.37. The fourth-order valence-electron chi connectivity index (χ4n) is 0.555. The van der Waals surface area contributed by atoms with Gasteiger partial charge in [-0.05, 0) is 12.1 Å². The Labute approximate surface area is 78.2 Å². The van der Waals surface area contributed by atoms with Gasteiger partial charge in [-0.3, -0.25) is 0 Å². The molecule has 76 valence electrons. The number of halogens is 2. The van der Waals surface area contributed by atoms with Gasteiger partial charge in [-0.15, -0.1) is 8.78 Å². The number of para-hydroxylation sites is 1. The van der Waals surface area contributed by atoms with Gasteiger partial charge in [0.2, 0.25) is 6.08 Å². The molecular formula is C8H7F2NO3. The van der Waals surface area contributed by atoms with Crippen molar-refractivity contribution >= 4 is 18.1 Å². The van der Waals surface area contributed by atoms with Gasteiger partial charge in [0.05, 0.1) is 5.69 Å². The highest BCUT2D eigenvalue weighted by molar-refractivity contribution is 5.55. The fourth-order valence-corrected chi connectivity index (χ4v) is 0.555. The molecule has 0 radical (unpaired) electrons. The van der Waals surface area contributed by atoms with Crippen LogP contribution < -0.4 is 0 Å². The first kappa shape index (κ1) is 14.6. The molecule has 0 saturated carbocycles. The van der Waals surface area contributed by atoms with E-state index >= 15 is 0 Å². The number of carbonyl (C=O) groups is 1. The van der Waals surface area contributed by atoms with Crippen LogP contribution in [0.4, 0.5) is 19.3 Å². The second-order valence-electron chi connectivity index (χ2n) is 1.76. The minimum absolute atomic E-state index is 0. The predicted molar refractivity (Wildman–Crippen MR) is 45.4 cm³/mol. The Morgan fingerprint density at radius 2 is 1.64 bits per heavy atom. The lowest BCUT2D eigenvalue weighted by molar-refractivity contribution is 0.199. The number of hydrogen-bond acceptors (Lipinski definition) is 3. The molecule has 0 atom stereocenters. The largest absolute Gasteiger partial charge is 0.483 e. The van der Waals surface area contributed by atoms with E-state index in [0.29, 0.717) is 5.69 Å². The van der Waals surface area contributed by atoms with Crippen molar-refractivity contribution in [3.63, 3.8) is 0 Å². The third-order valence-electron chi connectivity index (χ3n) is 0.931. The molecule has 6 heteroatoms. The molecule has 14 heavy (non-hydrogen) atoms. The average Bonchev–Trinajstić information content (AvgIpc) is 2.06. The van der Waals surface area contributed by atoms with E-state index in [1.54, 1.807) is 12.1 Å². The first-order valence-corrected chi connectivity index (χ1v) is 3.14. The van der Waals surface area contributed by atoms with Crippen LogP contribution in [0.5, 0.6) is 0 Å². The van der Waals surface area contributed by atoms with Crippen LogP contribution in [0, 0.1) is 0 Å². The molecular weight excluding hydrogens is 196 g/mol. The van der Waals surface area contributed by atoms with Crippen LogP contribution in [-0.2, 0) is 4.79 Å². The zero-order valence-electron chi connectivity index (χ0n) is 6.91. The van der Waals surface area contributed by atoms with E-state index in [2.05, 4.69) is 4.99 Å². The highest BCUT2D eigenvalue weighted by atomic mass is 19.3. The summed E-state index contributed by atoms with van der Waals surface area (Å²) >= 11 is 0. The van der Waals surface area contributed by atoms with Crippen molar-refractivity contribution in [2.75, 3.05) is 0 Å². The standard InChI is InChI=1S/C7H5NO.CF2O.H2O/c9-6-8-7-4-2-1-3-5-7;2-1(3)4;/h1-5H;;1H2. The Morgan fingerprint density at radius 3 is 2.00 bits per heavy atom. The molecule has 0 aliphatic heterocycles. The molecule has 0 unspecified atom stereocenters. The van der Waals surface area contributed by atoms with E-state index in [0.717, 1.165) is 0 Å². The molecule has 0 amide bonds. The number of nitrogens with zero attached hydrogens (tertiary/aromatic N) is 1. The van der Waals surface area contributed by atoms with Crippen LogP contribution >= 0.6 is 0 Å². The van der Waals surface area contributed by atoms with Gasteiger partial charge < -0.3 is 5.48 Å². The van der Waals surface area contributed by atoms with E-state index < -0.39 is 6.29 Å². The molecule has 4 nitrogen and oxygen atoms in total. The topological polar surface area (TPSA) is 78.0 Å². The molecule has 1 aromatic rings. The van der Waals surface area contributed by atoms with Crippen LogP contribution in [-0.4, -0.2) is 17.8 Å². The van der Waals surface area contributed by atoms with Crippen LogP contribution in [0.1, 0.15) is 0 Å². The number of hydrogen-bond donors (Lipinski definition) is 0. The van der Waals surface area contributed by atoms with E-state index in [9.17, 15) is 13.6 Å². The zero-order chi connectivity index (χ0) is 10.1. The maximum Gasteiger partial charge on any atom is 0.483 e. The van der Waals surface area contributed by atoms with Gasteiger partial charge in [0, 0.05) is 0 Å². The van der Waals surface area contributed by atoms with Crippen LogP contribution in [0.2, 0.25) is 0 Å². The smallest absolute Gasteiger partial charge is 0.412 e. The molecule has 0 heterocycles. The number of rotatable bonds is 1. The zero-order valence-corrected chi connectivity index (χ0v) is 6.91. The van der Waals surface area contributed by atoms with Crippen molar-refractivity contribution in [2.24, 2.45) is 4.99 Å². The van der Waals surface area contributed by atoms with E-state index in [1.165, 1.54) is 6.08 Å². The van der Waals surface area contributed by atoms with Gasteiger partial charge in [-0.2, -0.15) is 4.99 Å². The summed E-state index contributed by atoms with van der Waals surface area (Å²) in [5.41, 5.74) is 0.646. The van der Waals surface area contributed by atoms with Gasteiger partial charge in [0.15, 0.2) is 0 Å². The quantitative estimate of drug-likeness (QED) is 0.396. The lowest BCUT2D eigenvalue weighted by atomic mass is 10.3. The van der Waals surface area contributed by atoms with Crippen molar-refractivity contribution in [1.29, 1.82) is 0 Å². The molecule has 0 aliphatic carbocycles. The second kappa shape index (κ2) is 9.18. The number of carbonyl (C=O) groups excluding carboxylic acids is 2. The third-order valence-corrected chi connectivity index (χ3v) is 0.931. The first-order valence-electron chi connectivity index (χ1n) is 3.14. The van der Waals surface area contributed by atoms with Crippen molar-refractivity contribution in [3.8, 4) is 0 Å².